The van der Waals surface area contributed by atoms with Crippen molar-refractivity contribution in [2.75, 3.05) is 25.1 Å². The Morgan fingerprint density at radius 1 is 1.04 bits per heavy atom. The van der Waals surface area contributed by atoms with Gasteiger partial charge in [0.05, 0.1) is 7.11 Å². The minimum Gasteiger partial charge on any atom is -0.497 e. The predicted molar refractivity (Wildman–Crippen MR) is 106 cm³/mol. The van der Waals surface area contributed by atoms with Crippen LogP contribution in [0.4, 0.5) is 5.69 Å². The van der Waals surface area contributed by atoms with Crippen molar-refractivity contribution in [2.24, 2.45) is 0 Å². The maximum absolute atomic E-state index is 5.80. The molecule has 0 saturated heterocycles. The van der Waals surface area contributed by atoms with Crippen molar-refractivity contribution in [2.45, 2.75) is 24.8 Å². The van der Waals surface area contributed by atoms with Gasteiger partial charge in [-0.15, -0.1) is 10.2 Å². The highest BCUT2D eigenvalue weighted by Crippen LogP contribution is 2.27. The minimum absolute atomic E-state index is 0.546. The van der Waals surface area contributed by atoms with E-state index in [9.17, 15) is 0 Å². The van der Waals surface area contributed by atoms with E-state index in [0.29, 0.717) is 11.1 Å². The molecule has 6 heteroatoms. The normalized spacial score (nSPS) is 10.7. The summed E-state index contributed by atoms with van der Waals surface area (Å²) in [7, 11) is 1.67. The minimum atomic E-state index is 0.546. The number of benzene rings is 2. The summed E-state index contributed by atoms with van der Waals surface area (Å²) in [6.45, 7) is 6.28. The van der Waals surface area contributed by atoms with Crippen LogP contribution in [0.5, 0.6) is 5.75 Å². The molecule has 0 spiro atoms. The number of ether oxygens (including phenoxy) is 1. The second-order valence-electron chi connectivity index (χ2n) is 5.73. The second-order valence-corrected chi connectivity index (χ2v) is 6.66. The van der Waals surface area contributed by atoms with Crippen LogP contribution in [0.3, 0.4) is 0 Å². The first-order valence-electron chi connectivity index (χ1n) is 8.68. The summed E-state index contributed by atoms with van der Waals surface area (Å²) in [6.07, 6.45) is 0. The molecule has 0 atom stereocenters. The number of hydrogen-bond donors (Lipinski definition) is 0. The molecular weight excluding hydrogens is 346 g/mol. The zero-order valence-corrected chi connectivity index (χ0v) is 16.1. The molecule has 0 unspecified atom stereocenters. The SMILES string of the molecule is CCN(CC)c1ccc(-c2nnc(SCc3cccc(OC)c3)o2)cc1. The van der Waals surface area contributed by atoms with Crippen molar-refractivity contribution in [3.8, 4) is 17.2 Å². The lowest BCUT2D eigenvalue weighted by Gasteiger charge is -2.20. The third-order valence-corrected chi connectivity index (χ3v) is 5.04. The van der Waals surface area contributed by atoms with Crippen molar-refractivity contribution in [1.29, 1.82) is 0 Å². The molecule has 1 aromatic heterocycles. The van der Waals surface area contributed by atoms with Crippen LogP contribution in [0.15, 0.2) is 58.2 Å². The van der Waals surface area contributed by atoms with Crippen molar-refractivity contribution in [1.82, 2.24) is 10.2 Å². The van der Waals surface area contributed by atoms with Gasteiger partial charge in [-0.1, -0.05) is 23.9 Å². The van der Waals surface area contributed by atoms with Crippen LogP contribution < -0.4 is 9.64 Å². The van der Waals surface area contributed by atoms with Crippen LogP contribution in [-0.2, 0) is 5.75 Å². The average Bonchev–Trinajstić information content (AvgIpc) is 3.17. The maximum Gasteiger partial charge on any atom is 0.277 e. The van der Waals surface area contributed by atoms with Gasteiger partial charge in [0.15, 0.2) is 0 Å². The summed E-state index contributed by atoms with van der Waals surface area (Å²) in [5.74, 6) is 2.14. The molecule has 0 aliphatic rings. The summed E-state index contributed by atoms with van der Waals surface area (Å²) in [6, 6.07) is 16.2. The number of hydrogen-bond acceptors (Lipinski definition) is 6. The number of methoxy groups -OCH3 is 1. The molecule has 1 heterocycles. The smallest absolute Gasteiger partial charge is 0.277 e. The summed E-state index contributed by atoms with van der Waals surface area (Å²) in [5.41, 5.74) is 3.28. The number of nitrogens with zero attached hydrogens (tertiary/aromatic N) is 3. The Balaban J connectivity index is 1.65. The lowest BCUT2D eigenvalue weighted by atomic mass is 10.2. The van der Waals surface area contributed by atoms with E-state index in [1.807, 2.05) is 30.3 Å². The van der Waals surface area contributed by atoms with Crippen LogP contribution in [-0.4, -0.2) is 30.4 Å². The van der Waals surface area contributed by atoms with Crippen LogP contribution in [0, 0.1) is 0 Å². The zero-order chi connectivity index (χ0) is 18.4. The van der Waals surface area contributed by atoms with Crippen molar-refractivity contribution < 1.29 is 9.15 Å². The summed E-state index contributed by atoms with van der Waals surface area (Å²) in [5, 5.41) is 8.88. The Kier molecular flexibility index (Phi) is 6.17. The Morgan fingerprint density at radius 3 is 2.50 bits per heavy atom. The van der Waals surface area contributed by atoms with E-state index < -0.39 is 0 Å². The molecule has 0 radical (unpaired) electrons. The molecule has 3 rings (SSSR count). The number of aromatic nitrogens is 2. The first-order valence-corrected chi connectivity index (χ1v) is 9.66. The van der Waals surface area contributed by atoms with Gasteiger partial charge in [0.25, 0.3) is 5.22 Å². The first kappa shape index (κ1) is 18.3. The van der Waals surface area contributed by atoms with Crippen LogP contribution in [0.2, 0.25) is 0 Å². The fraction of sp³-hybridized carbons (Fsp3) is 0.300. The zero-order valence-electron chi connectivity index (χ0n) is 15.3. The Bertz CT molecular complexity index is 829. The third-order valence-electron chi connectivity index (χ3n) is 4.15. The highest BCUT2D eigenvalue weighted by atomic mass is 32.2. The highest BCUT2D eigenvalue weighted by molar-refractivity contribution is 7.98. The molecule has 0 aliphatic carbocycles. The Labute approximate surface area is 158 Å². The van der Waals surface area contributed by atoms with Gasteiger partial charge in [-0.25, -0.2) is 0 Å². The summed E-state index contributed by atoms with van der Waals surface area (Å²) in [4.78, 5) is 2.30. The predicted octanol–water partition coefficient (Wildman–Crippen LogP) is 4.88. The van der Waals surface area contributed by atoms with Crippen LogP contribution in [0.1, 0.15) is 19.4 Å². The lowest BCUT2D eigenvalue weighted by molar-refractivity contribution is 0.414. The topological polar surface area (TPSA) is 51.4 Å². The molecule has 0 amide bonds. The van der Waals surface area contributed by atoms with Crippen molar-refractivity contribution >= 4 is 17.4 Å². The fourth-order valence-electron chi connectivity index (χ4n) is 2.70. The van der Waals surface area contributed by atoms with E-state index in [1.165, 1.54) is 17.4 Å². The maximum atomic E-state index is 5.80. The van der Waals surface area contributed by atoms with Gasteiger partial charge in [0.2, 0.25) is 5.89 Å². The molecule has 3 aromatic rings. The van der Waals surface area contributed by atoms with E-state index >= 15 is 0 Å². The highest BCUT2D eigenvalue weighted by Gasteiger charge is 2.10. The van der Waals surface area contributed by atoms with E-state index in [0.717, 1.165) is 35.7 Å². The Morgan fingerprint density at radius 2 is 1.81 bits per heavy atom. The molecule has 26 heavy (non-hydrogen) atoms. The molecule has 0 fully saturated rings. The van der Waals surface area contributed by atoms with Gasteiger partial charge in [-0.3, -0.25) is 0 Å². The lowest BCUT2D eigenvalue weighted by Crippen LogP contribution is -2.21. The van der Waals surface area contributed by atoms with Gasteiger partial charge in [0.1, 0.15) is 5.75 Å². The van der Waals surface area contributed by atoms with Crippen molar-refractivity contribution in [3.63, 3.8) is 0 Å². The summed E-state index contributed by atoms with van der Waals surface area (Å²) >= 11 is 1.52. The van der Waals surface area contributed by atoms with Gasteiger partial charge < -0.3 is 14.1 Å². The van der Waals surface area contributed by atoms with Crippen LogP contribution >= 0.6 is 11.8 Å². The van der Waals surface area contributed by atoms with Gasteiger partial charge in [-0.05, 0) is 55.8 Å². The van der Waals surface area contributed by atoms with Gasteiger partial charge in [0, 0.05) is 30.1 Å². The quantitative estimate of drug-likeness (QED) is 0.527. The molecular formula is C20H23N3O2S. The van der Waals surface area contributed by atoms with Gasteiger partial charge in [-0.2, -0.15) is 0 Å². The fourth-order valence-corrected chi connectivity index (χ4v) is 3.40. The largest absolute Gasteiger partial charge is 0.497 e. The molecule has 5 nitrogen and oxygen atoms in total. The number of rotatable bonds is 8. The first-order chi connectivity index (χ1) is 12.7. The monoisotopic (exact) mass is 369 g/mol. The van der Waals surface area contributed by atoms with Gasteiger partial charge >= 0.3 is 0 Å². The van der Waals surface area contributed by atoms with Crippen molar-refractivity contribution in [3.05, 3.63) is 54.1 Å². The van der Waals surface area contributed by atoms with Crippen LogP contribution in [0.25, 0.3) is 11.5 Å². The van der Waals surface area contributed by atoms with E-state index in [-0.39, 0.29) is 0 Å². The number of anilines is 1. The molecule has 0 N–H and O–H groups in total. The van der Waals surface area contributed by atoms with E-state index in [4.69, 9.17) is 9.15 Å². The molecule has 136 valence electrons. The Hall–Kier alpha value is -2.47. The summed E-state index contributed by atoms with van der Waals surface area (Å²) < 4.78 is 11.0. The molecule has 0 saturated carbocycles. The molecule has 0 aliphatic heterocycles. The van der Waals surface area contributed by atoms with E-state index in [2.05, 4.69) is 47.1 Å². The number of thioether (sulfide) groups is 1. The van der Waals surface area contributed by atoms with E-state index in [1.54, 1.807) is 7.11 Å². The average molecular weight is 369 g/mol. The third kappa shape index (κ3) is 4.38. The standard InChI is InChI=1S/C20H23N3O2S/c1-4-23(5-2)17-11-9-16(10-12-17)19-21-22-20(25-19)26-14-15-7-6-8-18(13-15)24-3/h6-13H,4-5,14H2,1-3H3. The molecule has 2 aromatic carbocycles. The molecule has 0 bridgehead atoms. The second kappa shape index (κ2) is 8.76.